The molecule has 1 atom stereocenters. The van der Waals surface area contributed by atoms with Crippen molar-refractivity contribution < 1.29 is 23.1 Å². The molecule has 1 heterocycles. The van der Waals surface area contributed by atoms with E-state index >= 15 is 0 Å². The van der Waals surface area contributed by atoms with E-state index < -0.39 is 16.0 Å². The molecule has 0 bridgehead atoms. The number of nitrogens with one attached hydrogen (secondary N) is 1. The van der Waals surface area contributed by atoms with E-state index in [-0.39, 0.29) is 10.9 Å². The Morgan fingerprint density at radius 3 is 2.90 bits per heavy atom. The van der Waals surface area contributed by atoms with Crippen molar-refractivity contribution in [2.24, 2.45) is 0 Å². The van der Waals surface area contributed by atoms with Crippen LogP contribution in [0.15, 0.2) is 35.2 Å². The second-order valence-electron chi connectivity index (χ2n) is 4.78. The highest BCUT2D eigenvalue weighted by Gasteiger charge is 2.22. The zero-order valence-corrected chi connectivity index (χ0v) is 12.2. The predicted octanol–water partition coefficient (Wildman–Crippen LogP) is 1.24. The van der Waals surface area contributed by atoms with Gasteiger partial charge in [-0.3, -0.25) is 0 Å². The van der Waals surface area contributed by atoms with Crippen LogP contribution < -0.4 is 4.72 Å². The summed E-state index contributed by atoms with van der Waals surface area (Å²) in [5.41, 5.74) is 0.514. The van der Waals surface area contributed by atoms with E-state index in [0.29, 0.717) is 18.8 Å². The lowest BCUT2D eigenvalue weighted by Crippen LogP contribution is -2.40. The lowest BCUT2D eigenvalue weighted by atomic mass is 10.1. The third kappa shape index (κ3) is 4.66. The SMILES string of the molecule is O=C(O)C=Cc1cccc(S(=O)(=O)NC2CCCOC2)c1. The van der Waals surface area contributed by atoms with Gasteiger partial charge in [0.1, 0.15) is 0 Å². The van der Waals surface area contributed by atoms with Gasteiger partial charge in [-0.15, -0.1) is 0 Å². The molecule has 0 saturated carbocycles. The molecule has 1 aromatic rings. The average molecular weight is 311 g/mol. The molecule has 0 spiro atoms. The quantitative estimate of drug-likeness (QED) is 0.798. The standard InChI is InChI=1S/C14H17NO5S/c16-14(17)7-6-11-3-1-5-13(9-11)21(18,19)15-12-4-2-8-20-10-12/h1,3,5-7,9,12,15H,2,4,8,10H2,(H,16,17). The summed E-state index contributed by atoms with van der Waals surface area (Å²) in [6.45, 7) is 1.03. The van der Waals surface area contributed by atoms with Crippen molar-refractivity contribution in [3.63, 3.8) is 0 Å². The van der Waals surface area contributed by atoms with Crippen molar-refractivity contribution in [2.75, 3.05) is 13.2 Å². The third-order valence-corrected chi connectivity index (χ3v) is 4.59. The van der Waals surface area contributed by atoms with Crippen LogP contribution in [0, 0.1) is 0 Å². The van der Waals surface area contributed by atoms with Crippen LogP contribution in [0.3, 0.4) is 0 Å². The van der Waals surface area contributed by atoms with Gasteiger partial charge in [0.2, 0.25) is 10.0 Å². The van der Waals surface area contributed by atoms with Crippen molar-refractivity contribution in [3.8, 4) is 0 Å². The molecular formula is C14H17NO5S. The molecule has 0 aromatic heterocycles. The van der Waals surface area contributed by atoms with Gasteiger partial charge in [-0.25, -0.2) is 17.9 Å². The Labute approximate surface area is 123 Å². The first-order valence-electron chi connectivity index (χ1n) is 6.58. The number of rotatable bonds is 5. The van der Waals surface area contributed by atoms with Gasteiger partial charge in [0.15, 0.2) is 0 Å². The molecule has 1 fully saturated rings. The van der Waals surface area contributed by atoms with E-state index in [9.17, 15) is 13.2 Å². The minimum absolute atomic E-state index is 0.112. The molecule has 0 radical (unpaired) electrons. The molecule has 0 amide bonds. The van der Waals surface area contributed by atoms with Gasteiger partial charge in [0, 0.05) is 18.7 Å². The summed E-state index contributed by atoms with van der Waals surface area (Å²) in [5.74, 6) is -1.08. The number of sulfonamides is 1. The third-order valence-electron chi connectivity index (χ3n) is 3.07. The zero-order chi connectivity index (χ0) is 15.3. The highest BCUT2D eigenvalue weighted by molar-refractivity contribution is 7.89. The van der Waals surface area contributed by atoms with E-state index in [2.05, 4.69) is 4.72 Å². The first kappa shape index (κ1) is 15.7. The summed E-state index contributed by atoms with van der Waals surface area (Å²) in [5, 5.41) is 8.59. The molecule has 1 unspecified atom stereocenters. The van der Waals surface area contributed by atoms with Crippen LogP contribution in [-0.2, 0) is 19.6 Å². The number of hydrogen-bond acceptors (Lipinski definition) is 4. The van der Waals surface area contributed by atoms with Gasteiger partial charge < -0.3 is 9.84 Å². The van der Waals surface area contributed by atoms with Gasteiger partial charge >= 0.3 is 5.97 Å². The maximum absolute atomic E-state index is 12.3. The van der Waals surface area contributed by atoms with E-state index in [1.807, 2.05) is 0 Å². The number of carbonyl (C=O) groups is 1. The summed E-state index contributed by atoms with van der Waals surface area (Å²) < 4.78 is 32.4. The van der Waals surface area contributed by atoms with Crippen molar-refractivity contribution in [2.45, 2.75) is 23.8 Å². The van der Waals surface area contributed by atoms with Gasteiger partial charge in [0.25, 0.3) is 0 Å². The molecule has 1 saturated heterocycles. The van der Waals surface area contributed by atoms with Crippen LogP contribution in [0.2, 0.25) is 0 Å². The van der Waals surface area contributed by atoms with Crippen LogP contribution in [0.5, 0.6) is 0 Å². The maximum Gasteiger partial charge on any atom is 0.328 e. The van der Waals surface area contributed by atoms with Gasteiger partial charge in [-0.2, -0.15) is 0 Å². The summed E-state index contributed by atoms with van der Waals surface area (Å²) in [6.07, 6.45) is 3.89. The van der Waals surface area contributed by atoms with Crippen LogP contribution in [0.1, 0.15) is 18.4 Å². The smallest absolute Gasteiger partial charge is 0.328 e. The van der Waals surface area contributed by atoms with E-state index in [1.54, 1.807) is 12.1 Å². The van der Waals surface area contributed by atoms with Crippen LogP contribution in [-0.4, -0.2) is 38.7 Å². The minimum Gasteiger partial charge on any atom is -0.478 e. The summed E-state index contributed by atoms with van der Waals surface area (Å²) >= 11 is 0. The molecule has 2 N–H and O–H groups in total. The monoisotopic (exact) mass is 311 g/mol. The fraction of sp³-hybridized carbons (Fsp3) is 0.357. The van der Waals surface area contributed by atoms with Crippen molar-refractivity contribution >= 4 is 22.1 Å². The van der Waals surface area contributed by atoms with Crippen LogP contribution in [0.25, 0.3) is 6.08 Å². The molecule has 114 valence electrons. The Balaban J connectivity index is 2.15. The molecule has 1 aliphatic heterocycles. The Bertz CT molecular complexity index is 633. The maximum atomic E-state index is 12.3. The summed E-state index contributed by atoms with van der Waals surface area (Å²) in [6, 6.07) is 5.91. The van der Waals surface area contributed by atoms with Gasteiger partial charge in [0.05, 0.1) is 11.5 Å². The van der Waals surface area contributed by atoms with Crippen molar-refractivity contribution in [3.05, 3.63) is 35.9 Å². The summed E-state index contributed by atoms with van der Waals surface area (Å²) in [4.78, 5) is 10.6. The topological polar surface area (TPSA) is 92.7 Å². The van der Waals surface area contributed by atoms with Crippen LogP contribution in [0.4, 0.5) is 0 Å². The first-order valence-corrected chi connectivity index (χ1v) is 8.07. The Hall–Kier alpha value is -1.70. The Kier molecular flexibility index (Phi) is 5.11. The second-order valence-corrected chi connectivity index (χ2v) is 6.49. The van der Waals surface area contributed by atoms with Crippen molar-refractivity contribution in [1.29, 1.82) is 0 Å². The van der Waals surface area contributed by atoms with E-state index in [0.717, 1.165) is 18.9 Å². The molecule has 1 aliphatic rings. The molecule has 21 heavy (non-hydrogen) atoms. The zero-order valence-electron chi connectivity index (χ0n) is 11.4. The Morgan fingerprint density at radius 2 is 2.24 bits per heavy atom. The number of hydrogen-bond donors (Lipinski definition) is 2. The van der Waals surface area contributed by atoms with Crippen molar-refractivity contribution in [1.82, 2.24) is 4.72 Å². The normalized spacial score (nSPS) is 19.7. The largest absolute Gasteiger partial charge is 0.478 e. The fourth-order valence-corrected chi connectivity index (χ4v) is 3.38. The highest BCUT2D eigenvalue weighted by Crippen LogP contribution is 2.15. The minimum atomic E-state index is -3.63. The average Bonchev–Trinajstić information content (AvgIpc) is 2.46. The second kappa shape index (κ2) is 6.84. The van der Waals surface area contributed by atoms with E-state index in [1.165, 1.54) is 18.2 Å². The highest BCUT2D eigenvalue weighted by atomic mass is 32.2. The number of carboxylic acid groups (broad SMARTS) is 1. The molecule has 6 nitrogen and oxygen atoms in total. The molecular weight excluding hydrogens is 294 g/mol. The van der Waals surface area contributed by atoms with Crippen LogP contribution >= 0.6 is 0 Å². The fourth-order valence-electron chi connectivity index (χ4n) is 2.07. The van der Waals surface area contributed by atoms with Gasteiger partial charge in [-0.05, 0) is 36.6 Å². The number of aliphatic carboxylic acids is 1. The molecule has 0 aliphatic carbocycles. The Morgan fingerprint density at radius 1 is 1.43 bits per heavy atom. The summed E-state index contributed by atoms with van der Waals surface area (Å²) in [7, 11) is -3.63. The lowest BCUT2D eigenvalue weighted by Gasteiger charge is -2.23. The first-order chi connectivity index (χ1) is 9.97. The number of benzene rings is 1. The van der Waals surface area contributed by atoms with E-state index in [4.69, 9.17) is 9.84 Å². The molecule has 1 aromatic carbocycles. The van der Waals surface area contributed by atoms with Gasteiger partial charge in [-0.1, -0.05) is 12.1 Å². The molecule has 7 heteroatoms. The number of carboxylic acids is 1. The lowest BCUT2D eigenvalue weighted by molar-refractivity contribution is -0.131. The predicted molar refractivity (Wildman–Crippen MR) is 77.3 cm³/mol. The molecule has 2 rings (SSSR count). The number of ether oxygens (including phenoxy) is 1.